The third-order valence-corrected chi connectivity index (χ3v) is 6.53. The summed E-state index contributed by atoms with van der Waals surface area (Å²) in [7, 11) is 0.526. The Labute approximate surface area is 147 Å². The average molecular weight is 440 g/mol. The summed E-state index contributed by atoms with van der Waals surface area (Å²) < 4.78 is 13.6. The van der Waals surface area contributed by atoms with Crippen molar-refractivity contribution in [3.05, 3.63) is 30.1 Å². The van der Waals surface area contributed by atoms with E-state index in [9.17, 15) is 9.59 Å². The van der Waals surface area contributed by atoms with E-state index < -0.39 is 11.5 Å². The van der Waals surface area contributed by atoms with Crippen LogP contribution in [0.3, 0.4) is 0 Å². The van der Waals surface area contributed by atoms with Gasteiger partial charge in [-0.2, -0.15) is 0 Å². The number of ether oxygens (including phenoxy) is 1. The van der Waals surface area contributed by atoms with Crippen LogP contribution in [0.1, 0.15) is 40.2 Å². The molecule has 1 rings (SSSR count). The van der Waals surface area contributed by atoms with Gasteiger partial charge in [-0.15, -0.1) is 0 Å². The van der Waals surface area contributed by atoms with Gasteiger partial charge >= 0.3 is 5.69 Å². The van der Waals surface area contributed by atoms with E-state index in [0.29, 0.717) is 19.8 Å². The van der Waals surface area contributed by atoms with Crippen LogP contribution in [-0.2, 0) is 15.9 Å². The lowest BCUT2D eigenvalue weighted by Gasteiger charge is -2.42. The van der Waals surface area contributed by atoms with E-state index in [1.807, 2.05) is 29.5 Å². The molecule has 0 radical (unpaired) electrons. The Hall–Kier alpha value is -0.453. The van der Waals surface area contributed by atoms with E-state index in [1.54, 1.807) is 6.92 Å². The number of aromatic amines is 1. The lowest BCUT2D eigenvalue weighted by Crippen LogP contribution is -2.46. The van der Waals surface area contributed by atoms with Gasteiger partial charge in [-0.25, -0.2) is 4.79 Å². The maximum absolute atomic E-state index is 12.0. The SMILES string of the molecule is Cc1c(I)n(COC(C)(O[SiH3])C(C)C(C)(C)C)c(=O)[nH]c1=O. The van der Waals surface area contributed by atoms with E-state index in [-0.39, 0.29) is 23.6 Å². The molecule has 2 atom stereocenters. The van der Waals surface area contributed by atoms with Gasteiger partial charge in [0.2, 0.25) is 0 Å². The van der Waals surface area contributed by atoms with E-state index in [1.165, 1.54) is 4.57 Å². The summed E-state index contributed by atoms with van der Waals surface area (Å²) in [6, 6.07) is 0. The molecule has 126 valence electrons. The minimum atomic E-state index is -0.781. The van der Waals surface area contributed by atoms with Crippen LogP contribution in [-0.4, -0.2) is 25.8 Å². The quantitative estimate of drug-likeness (QED) is 0.323. The third-order valence-electron chi connectivity index (χ3n) is 4.32. The van der Waals surface area contributed by atoms with E-state index in [4.69, 9.17) is 9.16 Å². The van der Waals surface area contributed by atoms with Crippen molar-refractivity contribution in [2.45, 2.75) is 54.1 Å². The Morgan fingerprint density at radius 2 is 1.86 bits per heavy atom. The number of hydrogen-bond acceptors (Lipinski definition) is 4. The number of nitrogens with one attached hydrogen (secondary N) is 1. The molecule has 0 aliphatic carbocycles. The van der Waals surface area contributed by atoms with Crippen LogP contribution in [0.15, 0.2) is 9.59 Å². The second-order valence-corrected chi connectivity index (χ2v) is 8.11. The lowest BCUT2D eigenvalue weighted by atomic mass is 9.77. The summed E-state index contributed by atoms with van der Waals surface area (Å²) in [5, 5.41) is 0. The molecule has 1 aromatic heterocycles. The lowest BCUT2D eigenvalue weighted by molar-refractivity contribution is -0.237. The van der Waals surface area contributed by atoms with Gasteiger partial charge in [0.1, 0.15) is 17.2 Å². The average Bonchev–Trinajstić information content (AvgIpc) is 2.42. The van der Waals surface area contributed by atoms with Crippen molar-refractivity contribution < 1.29 is 9.16 Å². The van der Waals surface area contributed by atoms with E-state index in [2.05, 4.69) is 32.7 Å². The molecule has 0 saturated carbocycles. The summed E-state index contributed by atoms with van der Waals surface area (Å²) in [5.41, 5.74) is -0.339. The van der Waals surface area contributed by atoms with Crippen molar-refractivity contribution in [3.63, 3.8) is 0 Å². The molecule has 0 aliphatic rings. The molecule has 0 spiro atoms. The maximum atomic E-state index is 12.0. The van der Waals surface area contributed by atoms with Crippen LogP contribution in [0.2, 0.25) is 0 Å². The fourth-order valence-electron chi connectivity index (χ4n) is 2.10. The Morgan fingerprint density at radius 3 is 2.32 bits per heavy atom. The van der Waals surface area contributed by atoms with E-state index >= 15 is 0 Å². The number of nitrogens with zero attached hydrogens (tertiary/aromatic N) is 1. The molecule has 1 heterocycles. The Bertz CT molecular complexity index is 650. The number of H-pyrrole nitrogens is 1. The third kappa shape index (κ3) is 4.09. The standard InChI is InChI=1S/C14H25IN2O4Si/c1-8-10(15)17(12(19)16-11(8)18)7-20-14(6,21-22)9(2)13(3,4)5/h9H,7H2,1-6,22H3,(H,16,18,19). The summed E-state index contributed by atoms with van der Waals surface area (Å²) in [6.45, 7) is 12.1. The van der Waals surface area contributed by atoms with Crippen molar-refractivity contribution in [2.75, 3.05) is 0 Å². The first kappa shape index (κ1) is 19.6. The van der Waals surface area contributed by atoms with Gasteiger partial charge in [-0.3, -0.25) is 14.3 Å². The van der Waals surface area contributed by atoms with Crippen LogP contribution in [0, 0.1) is 22.0 Å². The van der Waals surface area contributed by atoms with Crippen LogP contribution in [0.4, 0.5) is 0 Å². The minimum absolute atomic E-state index is 0.00179. The van der Waals surface area contributed by atoms with Gasteiger partial charge in [0, 0.05) is 11.5 Å². The molecule has 0 bridgehead atoms. The number of rotatable bonds is 5. The normalized spacial score (nSPS) is 16.5. The molecule has 8 heteroatoms. The zero-order valence-electron chi connectivity index (χ0n) is 14.2. The molecule has 0 saturated heterocycles. The predicted molar refractivity (Wildman–Crippen MR) is 97.9 cm³/mol. The van der Waals surface area contributed by atoms with Crippen molar-refractivity contribution >= 4 is 33.1 Å². The molecule has 22 heavy (non-hydrogen) atoms. The van der Waals surface area contributed by atoms with E-state index in [0.717, 1.165) is 0 Å². The van der Waals surface area contributed by atoms with Gasteiger partial charge in [-0.05, 0) is 41.9 Å². The molecule has 0 aromatic carbocycles. The van der Waals surface area contributed by atoms with Crippen molar-refractivity contribution in [1.29, 1.82) is 0 Å². The maximum Gasteiger partial charge on any atom is 0.331 e. The van der Waals surface area contributed by atoms with Gasteiger partial charge < -0.3 is 9.16 Å². The highest BCUT2D eigenvalue weighted by Gasteiger charge is 2.39. The van der Waals surface area contributed by atoms with Gasteiger partial charge in [0.25, 0.3) is 5.56 Å². The summed E-state index contributed by atoms with van der Waals surface area (Å²) in [4.78, 5) is 25.8. The second kappa shape index (κ2) is 6.98. The zero-order valence-corrected chi connectivity index (χ0v) is 18.4. The molecule has 1 N–H and O–H groups in total. The van der Waals surface area contributed by atoms with Gasteiger partial charge in [-0.1, -0.05) is 27.7 Å². The Morgan fingerprint density at radius 1 is 1.32 bits per heavy atom. The van der Waals surface area contributed by atoms with Crippen molar-refractivity contribution in [2.24, 2.45) is 11.3 Å². The summed E-state index contributed by atoms with van der Waals surface area (Å²) >= 11 is 1.98. The van der Waals surface area contributed by atoms with Crippen LogP contribution < -0.4 is 11.2 Å². The number of hydrogen-bond donors (Lipinski definition) is 1. The minimum Gasteiger partial charge on any atom is -0.401 e. The van der Waals surface area contributed by atoms with Crippen LogP contribution in [0.5, 0.6) is 0 Å². The molecular weight excluding hydrogens is 415 g/mol. The first-order chi connectivity index (χ1) is 9.94. The first-order valence-electron chi connectivity index (χ1n) is 7.12. The summed E-state index contributed by atoms with van der Waals surface area (Å²) in [5.74, 6) is -0.661. The van der Waals surface area contributed by atoms with Gasteiger partial charge in [0.05, 0.1) is 3.70 Å². The highest BCUT2D eigenvalue weighted by Crippen LogP contribution is 2.37. The molecule has 6 nitrogen and oxygen atoms in total. The number of aromatic nitrogens is 2. The summed E-state index contributed by atoms with van der Waals surface area (Å²) in [6.07, 6.45) is 0. The molecule has 0 amide bonds. The smallest absolute Gasteiger partial charge is 0.331 e. The van der Waals surface area contributed by atoms with Crippen LogP contribution in [0.25, 0.3) is 0 Å². The molecule has 2 unspecified atom stereocenters. The molecule has 0 aliphatic heterocycles. The fourth-order valence-corrected chi connectivity index (χ4v) is 3.17. The predicted octanol–water partition coefficient (Wildman–Crippen LogP) is 1.12. The van der Waals surface area contributed by atoms with Crippen molar-refractivity contribution in [1.82, 2.24) is 9.55 Å². The fraction of sp³-hybridized carbons (Fsp3) is 0.714. The topological polar surface area (TPSA) is 73.3 Å². The second-order valence-electron chi connectivity index (χ2n) is 6.68. The Balaban J connectivity index is 3.10. The molecular formula is C14H25IN2O4Si. The molecule has 1 aromatic rings. The highest BCUT2D eigenvalue weighted by molar-refractivity contribution is 14.1. The zero-order chi connectivity index (χ0) is 17.3. The molecule has 0 fully saturated rings. The van der Waals surface area contributed by atoms with Crippen LogP contribution >= 0.6 is 22.6 Å². The van der Waals surface area contributed by atoms with Crippen molar-refractivity contribution in [3.8, 4) is 0 Å². The largest absolute Gasteiger partial charge is 0.401 e. The highest BCUT2D eigenvalue weighted by atomic mass is 127. The number of halogens is 1. The Kier molecular flexibility index (Phi) is 6.21. The first-order valence-corrected chi connectivity index (χ1v) is 9.02. The monoisotopic (exact) mass is 440 g/mol. The van der Waals surface area contributed by atoms with Gasteiger partial charge in [0.15, 0.2) is 5.79 Å².